The summed E-state index contributed by atoms with van der Waals surface area (Å²) in [4.78, 5) is 4.28. The summed E-state index contributed by atoms with van der Waals surface area (Å²) in [7, 11) is 0. The molecule has 2 rings (SSSR count). The van der Waals surface area contributed by atoms with E-state index in [2.05, 4.69) is 16.2 Å². The maximum atomic E-state index is 8.36. The van der Waals surface area contributed by atoms with Crippen LogP contribution in [0.2, 0.25) is 0 Å². The summed E-state index contributed by atoms with van der Waals surface area (Å²) in [6.45, 7) is 0. The Morgan fingerprint density at radius 2 is 2.36 bits per heavy atom. The van der Waals surface area contributed by atoms with Crippen molar-refractivity contribution in [2.45, 2.75) is 38.5 Å². The minimum absolute atomic E-state index is 0.556. The molecule has 1 fully saturated rings. The number of hydrogen-bond donors (Lipinski definition) is 0. The molecule has 0 aromatic carbocycles. The van der Waals surface area contributed by atoms with Crippen LogP contribution >= 0.6 is 0 Å². The minimum atomic E-state index is 0.556. The van der Waals surface area contributed by atoms with E-state index in [1.807, 2.05) is 0 Å². The van der Waals surface area contributed by atoms with Crippen LogP contribution in [0.25, 0.3) is 0 Å². The van der Waals surface area contributed by atoms with E-state index < -0.39 is 0 Å². The van der Waals surface area contributed by atoms with Gasteiger partial charge < -0.3 is 4.52 Å². The van der Waals surface area contributed by atoms with Gasteiger partial charge >= 0.3 is 0 Å². The normalized spacial score (nSPS) is 15.4. The van der Waals surface area contributed by atoms with E-state index in [1.54, 1.807) is 0 Å². The molecule has 1 saturated carbocycles. The zero-order valence-electron chi connectivity index (χ0n) is 8.07. The van der Waals surface area contributed by atoms with Crippen LogP contribution in [-0.2, 0) is 12.8 Å². The van der Waals surface area contributed by atoms with Crippen molar-refractivity contribution in [3.05, 3.63) is 11.7 Å². The minimum Gasteiger partial charge on any atom is -0.339 e. The SMILES string of the molecule is N#CCCCc1nc(CC2CC2)no1. The Morgan fingerprint density at radius 3 is 3.07 bits per heavy atom. The molecule has 0 N–H and O–H groups in total. The molecule has 0 saturated heterocycles. The molecule has 4 nitrogen and oxygen atoms in total. The molecule has 0 unspecified atom stereocenters. The topological polar surface area (TPSA) is 62.7 Å². The molecule has 1 aliphatic rings. The summed E-state index contributed by atoms with van der Waals surface area (Å²) in [6.07, 6.45) is 5.66. The Labute approximate surface area is 82.9 Å². The molecule has 74 valence electrons. The first-order chi connectivity index (χ1) is 6.88. The number of aryl methyl sites for hydroxylation is 1. The van der Waals surface area contributed by atoms with E-state index in [-0.39, 0.29) is 0 Å². The van der Waals surface area contributed by atoms with Crippen molar-refractivity contribution in [1.29, 1.82) is 5.26 Å². The third-order valence-electron chi connectivity index (χ3n) is 2.36. The van der Waals surface area contributed by atoms with Crippen LogP contribution < -0.4 is 0 Å². The van der Waals surface area contributed by atoms with Gasteiger partial charge in [-0.2, -0.15) is 10.2 Å². The maximum Gasteiger partial charge on any atom is 0.226 e. The number of nitrogens with zero attached hydrogens (tertiary/aromatic N) is 3. The van der Waals surface area contributed by atoms with Gasteiger partial charge in [-0.25, -0.2) is 0 Å². The lowest BCUT2D eigenvalue weighted by atomic mass is 10.2. The van der Waals surface area contributed by atoms with Gasteiger partial charge in [0.1, 0.15) is 0 Å². The predicted octanol–water partition coefficient (Wildman–Crippen LogP) is 1.87. The van der Waals surface area contributed by atoms with Crippen LogP contribution in [0.4, 0.5) is 0 Å². The Kier molecular flexibility index (Phi) is 2.78. The molecule has 1 heterocycles. The molecular weight excluding hydrogens is 178 g/mol. The Bertz CT molecular complexity index is 335. The molecule has 1 aromatic heterocycles. The second-order valence-corrected chi connectivity index (χ2v) is 3.76. The van der Waals surface area contributed by atoms with E-state index in [0.717, 1.165) is 31.0 Å². The van der Waals surface area contributed by atoms with Crippen molar-refractivity contribution in [2.75, 3.05) is 0 Å². The Balaban J connectivity index is 1.80. The second kappa shape index (κ2) is 4.23. The van der Waals surface area contributed by atoms with Crippen molar-refractivity contribution in [2.24, 2.45) is 5.92 Å². The maximum absolute atomic E-state index is 8.36. The van der Waals surface area contributed by atoms with Crippen LogP contribution in [-0.4, -0.2) is 10.1 Å². The van der Waals surface area contributed by atoms with Gasteiger partial charge in [-0.3, -0.25) is 0 Å². The Hall–Kier alpha value is -1.37. The Morgan fingerprint density at radius 1 is 1.50 bits per heavy atom. The molecule has 0 spiro atoms. The number of aromatic nitrogens is 2. The highest BCUT2D eigenvalue weighted by molar-refractivity contribution is 4.92. The van der Waals surface area contributed by atoms with Crippen molar-refractivity contribution in [3.8, 4) is 6.07 Å². The molecule has 14 heavy (non-hydrogen) atoms. The van der Waals surface area contributed by atoms with Gasteiger partial charge in [-0.05, 0) is 25.2 Å². The summed E-state index contributed by atoms with van der Waals surface area (Å²) in [5.41, 5.74) is 0. The molecule has 1 aromatic rings. The fraction of sp³-hybridized carbons (Fsp3) is 0.700. The molecular formula is C10H13N3O. The average molecular weight is 191 g/mol. The quantitative estimate of drug-likeness (QED) is 0.666. The largest absolute Gasteiger partial charge is 0.339 e. The molecule has 0 aliphatic heterocycles. The fourth-order valence-electron chi connectivity index (χ4n) is 1.37. The zero-order valence-corrected chi connectivity index (χ0v) is 8.07. The average Bonchev–Trinajstić information content (AvgIpc) is 2.87. The van der Waals surface area contributed by atoms with E-state index in [4.69, 9.17) is 9.78 Å². The highest BCUT2D eigenvalue weighted by Gasteiger charge is 2.23. The van der Waals surface area contributed by atoms with E-state index in [0.29, 0.717) is 12.3 Å². The standard InChI is InChI=1S/C10H13N3O/c11-6-2-1-3-10-12-9(13-14-10)7-8-4-5-8/h8H,1-5,7H2. The summed E-state index contributed by atoms with van der Waals surface area (Å²) in [5, 5.41) is 12.3. The van der Waals surface area contributed by atoms with Gasteiger partial charge in [0.2, 0.25) is 5.89 Å². The van der Waals surface area contributed by atoms with Crippen LogP contribution in [0.5, 0.6) is 0 Å². The van der Waals surface area contributed by atoms with Crippen LogP contribution in [0, 0.1) is 17.2 Å². The molecule has 4 heteroatoms. The predicted molar refractivity (Wildman–Crippen MR) is 49.3 cm³/mol. The summed E-state index contributed by atoms with van der Waals surface area (Å²) in [5.74, 6) is 2.30. The first-order valence-corrected chi connectivity index (χ1v) is 5.07. The lowest BCUT2D eigenvalue weighted by molar-refractivity contribution is 0.370. The van der Waals surface area contributed by atoms with Crippen LogP contribution in [0.3, 0.4) is 0 Å². The van der Waals surface area contributed by atoms with Crippen LogP contribution in [0.15, 0.2) is 4.52 Å². The van der Waals surface area contributed by atoms with Gasteiger partial charge in [0.05, 0.1) is 6.07 Å². The molecule has 1 aliphatic carbocycles. The first kappa shape index (κ1) is 9.20. The third-order valence-corrected chi connectivity index (χ3v) is 2.36. The number of rotatable bonds is 5. The van der Waals surface area contributed by atoms with E-state index in [9.17, 15) is 0 Å². The second-order valence-electron chi connectivity index (χ2n) is 3.76. The number of unbranched alkanes of at least 4 members (excludes halogenated alkanes) is 1. The van der Waals surface area contributed by atoms with Gasteiger partial charge in [-0.1, -0.05) is 5.16 Å². The molecule has 0 amide bonds. The van der Waals surface area contributed by atoms with E-state index >= 15 is 0 Å². The van der Waals surface area contributed by atoms with E-state index in [1.165, 1.54) is 12.8 Å². The van der Waals surface area contributed by atoms with Gasteiger partial charge in [0.15, 0.2) is 5.82 Å². The highest BCUT2D eigenvalue weighted by atomic mass is 16.5. The van der Waals surface area contributed by atoms with Gasteiger partial charge in [0, 0.05) is 19.3 Å². The molecule has 0 bridgehead atoms. The first-order valence-electron chi connectivity index (χ1n) is 5.07. The molecule has 0 radical (unpaired) electrons. The number of hydrogen-bond acceptors (Lipinski definition) is 4. The number of nitriles is 1. The molecule has 0 atom stereocenters. The summed E-state index contributed by atoms with van der Waals surface area (Å²) in [6, 6.07) is 2.10. The van der Waals surface area contributed by atoms with Crippen LogP contribution in [0.1, 0.15) is 37.4 Å². The van der Waals surface area contributed by atoms with Gasteiger partial charge in [0.25, 0.3) is 0 Å². The zero-order chi connectivity index (χ0) is 9.80. The summed E-state index contributed by atoms with van der Waals surface area (Å²) >= 11 is 0. The highest BCUT2D eigenvalue weighted by Crippen LogP contribution is 2.31. The summed E-state index contributed by atoms with van der Waals surface area (Å²) < 4.78 is 5.07. The monoisotopic (exact) mass is 191 g/mol. The lowest BCUT2D eigenvalue weighted by Gasteiger charge is -1.87. The lowest BCUT2D eigenvalue weighted by Crippen LogP contribution is -1.90. The van der Waals surface area contributed by atoms with Gasteiger partial charge in [-0.15, -0.1) is 0 Å². The third kappa shape index (κ3) is 2.56. The smallest absolute Gasteiger partial charge is 0.226 e. The van der Waals surface area contributed by atoms with Crippen molar-refractivity contribution in [1.82, 2.24) is 10.1 Å². The van der Waals surface area contributed by atoms with Crippen molar-refractivity contribution < 1.29 is 4.52 Å². The van der Waals surface area contributed by atoms with Crippen molar-refractivity contribution >= 4 is 0 Å². The fourth-order valence-corrected chi connectivity index (χ4v) is 1.37. The van der Waals surface area contributed by atoms with Crippen molar-refractivity contribution in [3.63, 3.8) is 0 Å².